The van der Waals surface area contributed by atoms with Gasteiger partial charge in [-0.25, -0.2) is 4.99 Å². The van der Waals surface area contributed by atoms with E-state index in [0.717, 1.165) is 0 Å². The van der Waals surface area contributed by atoms with E-state index in [4.69, 9.17) is 28.3 Å². The van der Waals surface area contributed by atoms with Crippen LogP contribution in [0, 0.1) is 11.3 Å². The van der Waals surface area contributed by atoms with Crippen LogP contribution in [0.2, 0.25) is 0 Å². The Balaban J connectivity index is 1.37. The normalized spacial score (nSPS) is 25.4. The molecule has 2 fully saturated rings. The van der Waals surface area contributed by atoms with Gasteiger partial charge in [-0.2, -0.15) is 10.3 Å². The Morgan fingerprint density at radius 3 is 2.59 bits per heavy atom. The summed E-state index contributed by atoms with van der Waals surface area (Å²) in [4.78, 5) is 39.0. The minimum Gasteiger partial charge on any atom is -0.382 e. The molecule has 3 aliphatic heterocycles. The minimum absolute atomic E-state index is 0.0710. The Bertz CT molecular complexity index is 1070. The molecule has 4 rings (SSSR count). The largest absolute Gasteiger partial charge is 0.382 e. The molecule has 0 saturated carbocycles. The Morgan fingerprint density at radius 2 is 1.94 bits per heavy atom. The van der Waals surface area contributed by atoms with Crippen LogP contribution in [-0.2, 0) is 4.79 Å². The summed E-state index contributed by atoms with van der Waals surface area (Å²) >= 11 is 5.95. The molecule has 2 atom stereocenters. The van der Waals surface area contributed by atoms with Gasteiger partial charge < -0.3 is 27.0 Å². The van der Waals surface area contributed by atoms with Gasteiger partial charge in [0.2, 0.25) is 0 Å². The molecule has 0 aliphatic carbocycles. The van der Waals surface area contributed by atoms with E-state index in [2.05, 4.69) is 25.6 Å². The molecule has 0 aromatic heterocycles. The van der Waals surface area contributed by atoms with Gasteiger partial charge in [-0.05, 0) is 37.1 Å². The summed E-state index contributed by atoms with van der Waals surface area (Å²) < 4.78 is 0. The van der Waals surface area contributed by atoms with Gasteiger partial charge in [0.05, 0.1) is 17.2 Å². The summed E-state index contributed by atoms with van der Waals surface area (Å²) in [6.07, 6.45) is 0.556. The first kappa shape index (κ1) is 21.7. The molecule has 6 N–H and O–H groups in total. The van der Waals surface area contributed by atoms with Crippen molar-refractivity contribution in [1.29, 1.82) is 5.26 Å². The fourth-order valence-corrected chi connectivity index (χ4v) is 3.99. The van der Waals surface area contributed by atoms with Crippen LogP contribution in [0.15, 0.2) is 39.2 Å². The van der Waals surface area contributed by atoms with Crippen molar-refractivity contribution >= 4 is 40.9 Å². The molecule has 2 amide bonds. The number of likely N-dealkylation sites (tertiary alicyclic amines) is 1. The number of guanidine groups is 1. The molecule has 2 unspecified atom stereocenters. The maximum Gasteiger partial charge on any atom is 0.302 e. The van der Waals surface area contributed by atoms with Crippen LogP contribution >= 0.6 is 11.6 Å². The fraction of sp³-hybridized carbons (Fsp3) is 0.400. The number of halogens is 1. The van der Waals surface area contributed by atoms with E-state index in [9.17, 15) is 9.59 Å². The van der Waals surface area contributed by atoms with Gasteiger partial charge in [-0.15, -0.1) is 0 Å². The third kappa shape index (κ3) is 4.28. The lowest BCUT2D eigenvalue weighted by Crippen LogP contribution is -2.53. The fourth-order valence-electron chi connectivity index (χ4n) is 3.84. The first-order chi connectivity index (χ1) is 15.3. The van der Waals surface area contributed by atoms with Crippen LogP contribution in [0.1, 0.15) is 28.8 Å². The number of benzene rings is 1. The number of rotatable bonds is 2. The van der Waals surface area contributed by atoms with Gasteiger partial charge in [0.15, 0.2) is 23.0 Å². The van der Waals surface area contributed by atoms with E-state index in [1.54, 1.807) is 29.2 Å². The van der Waals surface area contributed by atoms with Crippen LogP contribution in [-0.4, -0.2) is 71.1 Å². The number of nitrogens with one attached hydrogen (secondary N) is 2. The Kier molecular flexibility index (Phi) is 5.82. The number of carbonyl (C=O) groups is 2. The lowest BCUT2D eigenvalue weighted by atomic mass is 9.88. The van der Waals surface area contributed by atoms with E-state index in [-0.39, 0.29) is 23.0 Å². The number of amides is 2. The number of hydrogen-bond donors (Lipinski definition) is 4. The van der Waals surface area contributed by atoms with Gasteiger partial charge in [0, 0.05) is 25.2 Å². The highest BCUT2D eigenvalue weighted by atomic mass is 35.5. The predicted molar refractivity (Wildman–Crippen MR) is 119 cm³/mol. The summed E-state index contributed by atoms with van der Waals surface area (Å²) in [5.74, 6) is -0.507. The molecule has 1 spiro atoms. The zero-order valence-corrected chi connectivity index (χ0v) is 17.8. The smallest absolute Gasteiger partial charge is 0.302 e. The maximum absolute atomic E-state index is 12.8. The lowest BCUT2D eigenvalue weighted by Gasteiger charge is -2.38. The molecule has 2 saturated heterocycles. The van der Waals surface area contributed by atoms with Crippen molar-refractivity contribution in [1.82, 2.24) is 15.5 Å². The van der Waals surface area contributed by atoms with Crippen LogP contribution in [0.5, 0.6) is 0 Å². The third-order valence-electron chi connectivity index (χ3n) is 5.73. The second-order valence-corrected chi connectivity index (χ2v) is 8.31. The highest BCUT2D eigenvalue weighted by molar-refractivity contribution is 6.67. The Morgan fingerprint density at radius 1 is 1.25 bits per heavy atom. The topological polar surface area (TPSA) is 174 Å². The molecule has 0 bridgehead atoms. The molecule has 3 heterocycles. The molecule has 3 aliphatic rings. The highest BCUT2D eigenvalue weighted by Crippen LogP contribution is 2.25. The third-order valence-corrected chi connectivity index (χ3v) is 6.08. The molecule has 12 heteroatoms. The summed E-state index contributed by atoms with van der Waals surface area (Å²) in [6, 6.07) is 8.64. The molecule has 166 valence electrons. The van der Waals surface area contributed by atoms with Gasteiger partial charge >= 0.3 is 5.91 Å². The number of carbonyl (C=O) groups excluding carboxylic acids is 2. The van der Waals surface area contributed by atoms with Gasteiger partial charge in [-0.3, -0.25) is 14.6 Å². The van der Waals surface area contributed by atoms with Crippen LogP contribution < -0.4 is 22.1 Å². The average Bonchev–Trinajstić information content (AvgIpc) is 3.18. The number of nitriles is 1. The van der Waals surface area contributed by atoms with Crippen molar-refractivity contribution in [3.63, 3.8) is 0 Å². The van der Waals surface area contributed by atoms with Gasteiger partial charge in [0.25, 0.3) is 5.91 Å². The monoisotopic (exact) mass is 455 g/mol. The first-order valence-corrected chi connectivity index (χ1v) is 10.5. The van der Waals surface area contributed by atoms with E-state index in [0.29, 0.717) is 49.6 Å². The van der Waals surface area contributed by atoms with Crippen molar-refractivity contribution in [3.05, 3.63) is 35.4 Å². The highest BCUT2D eigenvalue weighted by Gasteiger charge is 2.41. The number of amidine groups is 1. The van der Waals surface area contributed by atoms with Crippen molar-refractivity contribution in [2.75, 3.05) is 19.6 Å². The number of nitrogens with zero attached hydrogens (tertiary/aromatic N) is 5. The Labute approximate surface area is 189 Å². The van der Waals surface area contributed by atoms with E-state index < -0.39 is 17.6 Å². The molecule has 1 aromatic carbocycles. The average molecular weight is 456 g/mol. The molecular weight excluding hydrogens is 434 g/mol. The second-order valence-electron chi connectivity index (χ2n) is 7.86. The van der Waals surface area contributed by atoms with Crippen molar-refractivity contribution in [2.24, 2.45) is 26.4 Å². The van der Waals surface area contributed by atoms with Crippen LogP contribution in [0.3, 0.4) is 0 Å². The molecule has 32 heavy (non-hydrogen) atoms. The predicted octanol–water partition coefficient (Wildman–Crippen LogP) is -0.730. The molecule has 1 aromatic rings. The second kappa shape index (κ2) is 8.57. The van der Waals surface area contributed by atoms with Crippen LogP contribution in [0.4, 0.5) is 0 Å². The molecule has 0 radical (unpaired) electrons. The van der Waals surface area contributed by atoms with E-state index >= 15 is 0 Å². The minimum atomic E-state index is -0.879. The number of aliphatic imine (C=N–C) groups is 3. The Hall–Kier alpha value is -3.49. The zero-order chi connectivity index (χ0) is 22.9. The van der Waals surface area contributed by atoms with E-state index in [1.165, 1.54) is 0 Å². The number of nitrogens with two attached hydrogens (primary N) is 2. The maximum atomic E-state index is 12.8. The summed E-state index contributed by atoms with van der Waals surface area (Å²) in [6.45, 7) is 1.66. The van der Waals surface area contributed by atoms with Crippen molar-refractivity contribution in [2.45, 2.75) is 30.0 Å². The molecule has 11 nitrogen and oxygen atoms in total. The van der Waals surface area contributed by atoms with Crippen molar-refractivity contribution < 1.29 is 9.59 Å². The summed E-state index contributed by atoms with van der Waals surface area (Å²) in [7, 11) is 0. The van der Waals surface area contributed by atoms with E-state index in [1.807, 2.05) is 6.07 Å². The van der Waals surface area contributed by atoms with Gasteiger partial charge in [-0.1, -0.05) is 11.6 Å². The van der Waals surface area contributed by atoms with Gasteiger partial charge in [0.1, 0.15) is 6.17 Å². The number of piperidine rings is 1. The van der Waals surface area contributed by atoms with Crippen molar-refractivity contribution in [3.8, 4) is 6.07 Å². The lowest BCUT2D eigenvalue weighted by molar-refractivity contribution is -0.111. The first-order valence-electron chi connectivity index (χ1n) is 10.1. The number of alkyl halides is 1. The quantitative estimate of drug-likeness (QED) is 0.335. The summed E-state index contributed by atoms with van der Waals surface area (Å²) in [5, 5.41) is 15.3. The number of hydrogen-bond acceptors (Lipinski definition) is 7. The standard InChI is InChI=1S/C20H22ClN9O2/c21-14-16(24)27-15(23)13(26-14)17(31)28-19-25-10-20(29-19)5-7-30(8-6-20)18(32)12-3-1-11(9-22)2-4-12/h1-4,14,16H,5-8,10,24H2,(H2,23,27)(H2,25,28,29,31). The SMILES string of the molecule is N#Cc1ccc(C(=O)N2CCC3(CC2)CN/C(=N\C(=O)C2=NC(Cl)C(N)N=C2N)N3)cc1. The zero-order valence-electron chi connectivity index (χ0n) is 17.1. The summed E-state index contributed by atoms with van der Waals surface area (Å²) in [5.41, 5.74) is 11.2. The molecular formula is C20H22ClN9O2. The van der Waals surface area contributed by atoms with Crippen LogP contribution in [0.25, 0.3) is 0 Å².